The fourth-order valence-corrected chi connectivity index (χ4v) is 2.14. The van der Waals surface area contributed by atoms with Gasteiger partial charge in [-0.2, -0.15) is 0 Å². The van der Waals surface area contributed by atoms with Crippen LogP contribution in [0, 0.1) is 5.92 Å². The van der Waals surface area contributed by atoms with Crippen molar-refractivity contribution in [1.82, 2.24) is 0 Å². The molecule has 0 spiro atoms. The van der Waals surface area contributed by atoms with E-state index in [4.69, 9.17) is 0 Å². The van der Waals surface area contributed by atoms with Crippen LogP contribution in [0.2, 0.25) is 0 Å². The lowest BCUT2D eigenvalue weighted by molar-refractivity contribution is -0.116. The number of carbonyl (C=O) groups is 1. The van der Waals surface area contributed by atoms with Crippen molar-refractivity contribution in [1.29, 1.82) is 0 Å². The minimum atomic E-state index is 0.0784. The molecule has 1 unspecified atom stereocenters. The highest BCUT2D eigenvalue weighted by Gasteiger charge is 2.09. The fourth-order valence-electron chi connectivity index (χ4n) is 2.14. The molecule has 2 rings (SSSR count). The van der Waals surface area contributed by atoms with E-state index in [2.05, 4.69) is 24.4 Å². The second kappa shape index (κ2) is 6.74. The van der Waals surface area contributed by atoms with Gasteiger partial charge in [-0.1, -0.05) is 55.5 Å². The highest BCUT2D eigenvalue weighted by molar-refractivity contribution is 5.90. The van der Waals surface area contributed by atoms with E-state index in [9.17, 15) is 4.79 Å². The van der Waals surface area contributed by atoms with Crippen LogP contribution in [0.25, 0.3) is 0 Å². The minimum absolute atomic E-state index is 0.0784. The van der Waals surface area contributed by atoms with Gasteiger partial charge in [-0.3, -0.25) is 4.79 Å². The van der Waals surface area contributed by atoms with Crippen LogP contribution in [0.15, 0.2) is 60.7 Å². The normalized spacial score (nSPS) is 11.8. The number of para-hydroxylation sites is 1. The fraction of sp³-hybridized carbons (Fsp3) is 0.235. The van der Waals surface area contributed by atoms with Gasteiger partial charge < -0.3 is 5.32 Å². The van der Waals surface area contributed by atoms with Crippen molar-refractivity contribution in [3.05, 3.63) is 66.2 Å². The predicted molar refractivity (Wildman–Crippen MR) is 79.0 cm³/mol. The van der Waals surface area contributed by atoms with Gasteiger partial charge in [0.2, 0.25) is 5.91 Å². The lowest BCUT2D eigenvalue weighted by Crippen LogP contribution is -2.16. The van der Waals surface area contributed by atoms with Gasteiger partial charge in [0.25, 0.3) is 0 Å². The third kappa shape index (κ3) is 4.59. The first kappa shape index (κ1) is 13.3. The Hall–Kier alpha value is -2.09. The molecule has 19 heavy (non-hydrogen) atoms. The zero-order valence-corrected chi connectivity index (χ0v) is 11.2. The average Bonchev–Trinajstić information content (AvgIpc) is 2.40. The molecule has 0 fully saturated rings. The van der Waals surface area contributed by atoms with Crippen LogP contribution in [0.5, 0.6) is 0 Å². The maximum absolute atomic E-state index is 11.9. The maximum Gasteiger partial charge on any atom is 0.224 e. The summed E-state index contributed by atoms with van der Waals surface area (Å²) in [7, 11) is 0. The summed E-state index contributed by atoms with van der Waals surface area (Å²) in [5.41, 5.74) is 2.14. The molecule has 0 aliphatic heterocycles. The van der Waals surface area contributed by atoms with Gasteiger partial charge in [0.15, 0.2) is 0 Å². The summed E-state index contributed by atoms with van der Waals surface area (Å²) in [6.07, 6.45) is 1.48. The van der Waals surface area contributed by atoms with Gasteiger partial charge in [-0.05, 0) is 30.0 Å². The van der Waals surface area contributed by atoms with Crippen molar-refractivity contribution in [2.45, 2.75) is 19.8 Å². The van der Waals surface area contributed by atoms with Crippen LogP contribution in [-0.4, -0.2) is 5.91 Å². The summed E-state index contributed by atoms with van der Waals surface area (Å²) in [6.45, 7) is 2.11. The summed E-state index contributed by atoms with van der Waals surface area (Å²) in [6, 6.07) is 19.9. The van der Waals surface area contributed by atoms with Gasteiger partial charge in [-0.15, -0.1) is 0 Å². The number of hydrogen-bond donors (Lipinski definition) is 1. The summed E-state index contributed by atoms with van der Waals surface area (Å²) in [5.74, 6) is 0.417. The van der Waals surface area contributed by atoms with Crippen LogP contribution in [0.3, 0.4) is 0 Å². The molecule has 98 valence electrons. The molecule has 0 aliphatic carbocycles. The molecular weight excluding hydrogens is 234 g/mol. The Morgan fingerprint density at radius 3 is 2.21 bits per heavy atom. The number of carbonyl (C=O) groups excluding carboxylic acids is 1. The Morgan fingerprint density at radius 2 is 1.58 bits per heavy atom. The Bertz CT molecular complexity index is 507. The molecule has 2 aromatic rings. The molecule has 1 N–H and O–H groups in total. The molecule has 2 aromatic carbocycles. The van der Waals surface area contributed by atoms with Crippen LogP contribution in [0.4, 0.5) is 5.69 Å². The SMILES string of the molecule is CC(CC(=O)Nc1ccccc1)Cc1ccccc1. The first-order valence-corrected chi connectivity index (χ1v) is 6.63. The third-order valence-electron chi connectivity index (χ3n) is 3.02. The van der Waals surface area contributed by atoms with Gasteiger partial charge in [-0.25, -0.2) is 0 Å². The Labute approximate surface area is 114 Å². The summed E-state index contributed by atoms with van der Waals surface area (Å²) in [5, 5.41) is 2.92. The summed E-state index contributed by atoms with van der Waals surface area (Å²) >= 11 is 0. The van der Waals surface area contributed by atoms with E-state index in [1.165, 1.54) is 5.56 Å². The average molecular weight is 253 g/mol. The highest BCUT2D eigenvalue weighted by atomic mass is 16.1. The lowest BCUT2D eigenvalue weighted by Gasteiger charge is -2.11. The molecule has 1 atom stereocenters. The van der Waals surface area contributed by atoms with E-state index in [-0.39, 0.29) is 5.91 Å². The molecule has 0 saturated heterocycles. The van der Waals surface area contributed by atoms with Gasteiger partial charge in [0.1, 0.15) is 0 Å². The molecule has 0 radical (unpaired) electrons. The van der Waals surface area contributed by atoms with Crippen molar-refractivity contribution >= 4 is 11.6 Å². The highest BCUT2D eigenvalue weighted by Crippen LogP contribution is 2.13. The van der Waals surface area contributed by atoms with E-state index in [1.54, 1.807) is 0 Å². The van der Waals surface area contributed by atoms with Gasteiger partial charge >= 0.3 is 0 Å². The maximum atomic E-state index is 11.9. The molecular formula is C17H19NO. The monoisotopic (exact) mass is 253 g/mol. The molecule has 0 bridgehead atoms. The second-order valence-corrected chi connectivity index (χ2v) is 4.91. The smallest absolute Gasteiger partial charge is 0.224 e. The Kier molecular flexibility index (Phi) is 4.73. The van der Waals surface area contributed by atoms with Crippen LogP contribution < -0.4 is 5.32 Å². The zero-order chi connectivity index (χ0) is 13.5. The number of hydrogen-bond acceptors (Lipinski definition) is 1. The molecule has 0 aromatic heterocycles. The van der Waals surface area contributed by atoms with E-state index < -0.39 is 0 Å². The summed E-state index contributed by atoms with van der Waals surface area (Å²) in [4.78, 5) is 11.9. The number of nitrogens with one attached hydrogen (secondary N) is 1. The van der Waals surface area contributed by atoms with E-state index in [0.717, 1.165) is 12.1 Å². The number of benzene rings is 2. The minimum Gasteiger partial charge on any atom is -0.326 e. The topological polar surface area (TPSA) is 29.1 Å². The first-order chi connectivity index (χ1) is 9.24. The van der Waals surface area contributed by atoms with Gasteiger partial charge in [0, 0.05) is 12.1 Å². The second-order valence-electron chi connectivity index (χ2n) is 4.91. The molecule has 0 heterocycles. The number of anilines is 1. The zero-order valence-electron chi connectivity index (χ0n) is 11.2. The van der Waals surface area contributed by atoms with Crippen LogP contribution >= 0.6 is 0 Å². The van der Waals surface area contributed by atoms with Gasteiger partial charge in [0.05, 0.1) is 0 Å². The van der Waals surface area contributed by atoms with Crippen molar-refractivity contribution in [3.8, 4) is 0 Å². The predicted octanol–water partition coefficient (Wildman–Crippen LogP) is 3.89. The lowest BCUT2D eigenvalue weighted by atomic mass is 9.98. The third-order valence-corrected chi connectivity index (χ3v) is 3.02. The van der Waals surface area contributed by atoms with E-state index in [0.29, 0.717) is 12.3 Å². The van der Waals surface area contributed by atoms with Crippen molar-refractivity contribution in [3.63, 3.8) is 0 Å². The molecule has 0 aliphatic rings. The van der Waals surface area contributed by atoms with Crippen molar-refractivity contribution in [2.24, 2.45) is 5.92 Å². The number of amides is 1. The molecule has 2 nitrogen and oxygen atoms in total. The standard InChI is InChI=1S/C17H19NO/c1-14(12-15-8-4-2-5-9-15)13-17(19)18-16-10-6-3-7-11-16/h2-11,14H,12-13H2,1H3,(H,18,19). The van der Waals surface area contributed by atoms with Crippen molar-refractivity contribution in [2.75, 3.05) is 5.32 Å². The van der Waals surface area contributed by atoms with Crippen LogP contribution in [-0.2, 0) is 11.2 Å². The van der Waals surface area contributed by atoms with Crippen LogP contribution in [0.1, 0.15) is 18.9 Å². The van der Waals surface area contributed by atoms with E-state index in [1.807, 2.05) is 48.5 Å². The largest absolute Gasteiger partial charge is 0.326 e. The molecule has 1 amide bonds. The van der Waals surface area contributed by atoms with Crippen molar-refractivity contribution < 1.29 is 4.79 Å². The quantitative estimate of drug-likeness (QED) is 0.860. The number of rotatable bonds is 5. The molecule has 2 heteroatoms. The van der Waals surface area contributed by atoms with E-state index >= 15 is 0 Å². The molecule has 0 saturated carbocycles. The summed E-state index contributed by atoms with van der Waals surface area (Å²) < 4.78 is 0. The first-order valence-electron chi connectivity index (χ1n) is 6.63. The Balaban J connectivity index is 1.82. The Morgan fingerprint density at radius 1 is 1.00 bits per heavy atom.